The van der Waals surface area contributed by atoms with Crippen molar-refractivity contribution in [2.75, 3.05) is 0 Å². The Morgan fingerprint density at radius 2 is 1.74 bits per heavy atom. The molecule has 0 saturated heterocycles. The van der Waals surface area contributed by atoms with Gasteiger partial charge in [0, 0.05) is 4.47 Å². The summed E-state index contributed by atoms with van der Waals surface area (Å²) in [5.41, 5.74) is 0.973. The standard InChI is InChI=1S/C13H10BrClO3S/c1-9-2-5-11(6-3-9)19(16,17)18-13-7-4-10(14)8-12(13)15/h2-8H,1H3. The molecule has 0 unspecified atom stereocenters. The molecule has 0 N–H and O–H groups in total. The van der Waals surface area contributed by atoms with Crippen molar-refractivity contribution in [3.05, 3.63) is 57.5 Å². The van der Waals surface area contributed by atoms with Gasteiger partial charge in [-0.2, -0.15) is 8.42 Å². The largest absolute Gasteiger partial charge is 0.377 e. The SMILES string of the molecule is Cc1ccc(S(=O)(=O)Oc2ccc(Br)cc2Cl)cc1. The Hall–Kier alpha value is -1.04. The lowest BCUT2D eigenvalue weighted by molar-refractivity contribution is 0.486. The van der Waals surface area contributed by atoms with E-state index in [9.17, 15) is 8.42 Å². The molecule has 2 rings (SSSR count). The van der Waals surface area contributed by atoms with Crippen LogP contribution in [0.2, 0.25) is 5.02 Å². The molecule has 0 spiro atoms. The molecule has 0 bridgehead atoms. The molecule has 0 amide bonds. The van der Waals surface area contributed by atoms with Gasteiger partial charge in [-0.05, 0) is 37.3 Å². The van der Waals surface area contributed by atoms with Crippen molar-refractivity contribution < 1.29 is 12.6 Å². The van der Waals surface area contributed by atoms with Gasteiger partial charge in [0.2, 0.25) is 0 Å². The van der Waals surface area contributed by atoms with Crippen molar-refractivity contribution in [1.82, 2.24) is 0 Å². The Labute approximate surface area is 125 Å². The predicted octanol–water partition coefficient (Wildman–Crippen LogP) is 4.18. The van der Waals surface area contributed by atoms with Crippen LogP contribution in [0.3, 0.4) is 0 Å². The topological polar surface area (TPSA) is 43.4 Å². The minimum absolute atomic E-state index is 0.0945. The van der Waals surface area contributed by atoms with Crippen LogP contribution in [-0.4, -0.2) is 8.42 Å². The number of rotatable bonds is 3. The maximum atomic E-state index is 12.1. The first kappa shape index (κ1) is 14.4. The maximum absolute atomic E-state index is 12.1. The summed E-state index contributed by atoms with van der Waals surface area (Å²) < 4.78 is 29.9. The van der Waals surface area contributed by atoms with E-state index < -0.39 is 10.1 Å². The van der Waals surface area contributed by atoms with Crippen molar-refractivity contribution >= 4 is 37.6 Å². The molecular formula is C13H10BrClO3S. The van der Waals surface area contributed by atoms with E-state index in [0.29, 0.717) is 0 Å². The van der Waals surface area contributed by atoms with Crippen molar-refractivity contribution in [3.63, 3.8) is 0 Å². The highest BCUT2D eigenvalue weighted by Crippen LogP contribution is 2.30. The molecule has 0 aliphatic rings. The first-order valence-electron chi connectivity index (χ1n) is 5.35. The van der Waals surface area contributed by atoms with Crippen LogP contribution in [0.15, 0.2) is 51.8 Å². The summed E-state index contributed by atoms with van der Waals surface area (Å²) in [4.78, 5) is 0.0945. The smallest absolute Gasteiger partial charge is 0.339 e. The normalized spacial score (nSPS) is 11.3. The average Bonchev–Trinajstić information content (AvgIpc) is 2.33. The zero-order chi connectivity index (χ0) is 14.0. The van der Waals surface area contributed by atoms with Crippen LogP contribution in [0, 0.1) is 6.92 Å². The molecule has 100 valence electrons. The fourth-order valence-electron chi connectivity index (χ4n) is 1.41. The molecule has 3 nitrogen and oxygen atoms in total. The highest BCUT2D eigenvalue weighted by Gasteiger charge is 2.18. The van der Waals surface area contributed by atoms with Crippen LogP contribution in [0.25, 0.3) is 0 Å². The Morgan fingerprint density at radius 1 is 1.11 bits per heavy atom. The fraction of sp³-hybridized carbons (Fsp3) is 0.0769. The van der Waals surface area contributed by atoms with Gasteiger partial charge < -0.3 is 4.18 Å². The lowest BCUT2D eigenvalue weighted by Crippen LogP contribution is -2.09. The summed E-state index contributed by atoms with van der Waals surface area (Å²) in [6, 6.07) is 11.1. The average molecular weight is 362 g/mol. The molecule has 0 radical (unpaired) electrons. The molecule has 19 heavy (non-hydrogen) atoms. The van der Waals surface area contributed by atoms with E-state index in [2.05, 4.69) is 15.9 Å². The summed E-state index contributed by atoms with van der Waals surface area (Å²) in [6.45, 7) is 1.88. The van der Waals surface area contributed by atoms with E-state index >= 15 is 0 Å². The van der Waals surface area contributed by atoms with Gasteiger partial charge in [-0.1, -0.05) is 45.2 Å². The molecule has 0 aliphatic carbocycles. The van der Waals surface area contributed by atoms with E-state index in [-0.39, 0.29) is 15.7 Å². The number of benzene rings is 2. The molecule has 0 atom stereocenters. The second-order valence-corrected chi connectivity index (χ2v) is 6.79. The number of hydrogen-bond acceptors (Lipinski definition) is 3. The van der Waals surface area contributed by atoms with Gasteiger partial charge in [0.1, 0.15) is 4.90 Å². The predicted molar refractivity (Wildman–Crippen MR) is 78.1 cm³/mol. The molecule has 0 heterocycles. The molecule has 0 fully saturated rings. The van der Waals surface area contributed by atoms with Gasteiger partial charge in [0.15, 0.2) is 5.75 Å². The summed E-state index contributed by atoms with van der Waals surface area (Å²) in [6.07, 6.45) is 0. The molecule has 0 saturated carbocycles. The lowest BCUT2D eigenvalue weighted by atomic mass is 10.2. The number of hydrogen-bond donors (Lipinski definition) is 0. The van der Waals surface area contributed by atoms with E-state index in [0.717, 1.165) is 10.0 Å². The lowest BCUT2D eigenvalue weighted by Gasteiger charge is -2.08. The first-order valence-corrected chi connectivity index (χ1v) is 7.92. The summed E-state index contributed by atoms with van der Waals surface area (Å²) in [7, 11) is -3.87. The third-order valence-corrected chi connectivity index (χ3v) is 4.44. The Morgan fingerprint density at radius 3 is 2.32 bits per heavy atom. The quantitative estimate of drug-likeness (QED) is 0.770. The Kier molecular flexibility index (Phi) is 4.18. The molecule has 2 aromatic rings. The summed E-state index contributed by atoms with van der Waals surface area (Å²) in [5, 5.41) is 0.227. The molecular weight excluding hydrogens is 352 g/mol. The second-order valence-electron chi connectivity index (χ2n) is 3.93. The maximum Gasteiger partial charge on any atom is 0.339 e. The highest BCUT2D eigenvalue weighted by molar-refractivity contribution is 9.10. The summed E-state index contributed by atoms with van der Waals surface area (Å²) in [5.74, 6) is 0.102. The van der Waals surface area contributed by atoms with Crippen LogP contribution in [0.5, 0.6) is 5.75 Å². The molecule has 0 aliphatic heterocycles. The van der Waals surface area contributed by atoms with Crippen molar-refractivity contribution in [2.24, 2.45) is 0 Å². The van der Waals surface area contributed by atoms with E-state index in [4.69, 9.17) is 15.8 Å². The van der Waals surface area contributed by atoms with Crippen LogP contribution < -0.4 is 4.18 Å². The van der Waals surface area contributed by atoms with Gasteiger partial charge >= 0.3 is 10.1 Å². The van der Waals surface area contributed by atoms with Gasteiger partial charge in [0.25, 0.3) is 0 Å². The van der Waals surface area contributed by atoms with Crippen molar-refractivity contribution in [1.29, 1.82) is 0 Å². The third kappa shape index (κ3) is 3.49. The zero-order valence-corrected chi connectivity index (χ0v) is 13.1. The van der Waals surface area contributed by atoms with Crippen LogP contribution in [-0.2, 0) is 10.1 Å². The third-order valence-electron chi connectivity index (χ3n) is 2.40. The zero-order valence-electron chi connectivity index (χ0n) is 9.93. The Balaban J connectivity index is 2.33. The summed E-state index contributed by atoms with van der Waals surface area (Å²) >= 11 is 9.17. The molecule has 2 aromatic carbocycles. The monoisotopic (exact) mass is 360 g/mol. The van der Waals surface area contributed by atoms with Crippen LogP contribution in [0.1, 0.15) is 5.56 Å². The van der Waals surface area contributed by atoms with E-state index in [1.165, 1.54) is 18.2 Å². The van der Waals surface area contributed by atoms with E-state index in [1.54, 1.807) is 24.3 Å². The minimum atomic E-state index is -3.87. The number of aryl methyl sites for hydroxylation is 1. The molecule has 0 aromatic heterocycles. The molecule has 6 heteroatoms. The van der Waals surface area contributed by atoms with Crippen molar-refractivity contribution in [2.45, 2.75) is 11.8 Å². The van der Waals surface area contributed by atoms with Gasteiger partial charge in [0.05, 0.1) is 5.02 Å². The van der Waals surface area contributed by atoms with Crippen LogP contribution >= 0.6 is 27.5 Å². The van der Waals surface area contributed by atoms with Crippen LogP contribution in [0.4, 0.5) is 0 Å². The van der Waals surface area contributed by atoms with E-state index in [1.807, 2.05) is 6.92 Å². The van der Waals surface area contributed by atoms with Gasteiger partial charge in [-0.25, -0.2) is 0 Å². The highest BCUT2D eigenvalue weighted by atomic mass is 79.9. The Bertz CT molecular complexity index is 696. The minimum Gasteiger partial charge on any atom is -0.377 e. The van der Waals surface area contributed by atoms with Crippen molar-refractivity contribution in [3.8, 4) is 5.75 Å². The second kappa shape index (κ2) is 5.53. The first-order chi connectivity index (χ1) is 8.88. The van der Waals surface area contributed by atoms with Gasteiger partial charge in [-0.3, -0.25) is 0 Å². The number of halogens is 2. The fourth-order valence-corrected chi connectivity index (χ4v) is 3.12. The van der Waals surface area contributed by atoms with Gasteiger partial charge in [-0.15, -0.1) is 0 Å².